The van der Waals surface area contributed by atoms with E-state index in [0.29, 0.717) is 12.3 Å². The summed E-state index contributed by atoms with van der Waals surface area (Å²) in [5, 5.41) is 11.3. The molecule has 0 radical (unpaired) electrons. The quantitative estimate of drug-likeness (QED) is 0.763. The maximum atomic E-state index is 11.8. The Bertz CT molecular complexity index is 487. The van der Waals surface area contributed by atoms with Crippen molar-refractivity contribution in [2.75, 3.05) is 13.1 Å². The number of rotatable bonds is 6. The van der Waals surface area contributed by atoms with Gasteiger partial charge in [0.1, 0.15) is 5.76 Å². The predicted molar refractivity (Wildman–Crippen MR) is 68.6 cm³/mol. The van der Waals surface area contributed by atoms with Crippen LogP contribution in [0.4, 0.5) is 4.79 Å². The first-order valence-electron chi connectivity index (χ1n) is 5.86. The first kappa shape index (κ1) is 14.6. The fourth-order valence-electron chi connectivity index (χ4n) is 1.49. The first-order valence-corrected chi connectivity index (χ1v) is 5.86. The van der Waals surface area contributed by atoms with E-state index in [0.717, 1.165) is 6.42 Å². The van der Waals surface area contributed by atoms with Gasteiger partial charge in [0.15, 0.2) is 0 Å². The summed E-state index contributed by atoms with van der Waals surface area (Å²) in [4.78, 5) is 23.9. The Hall–Kier alpha value is -2.42. The summed E-state index contributed by atoms with van der Waals surface area (Å²) in [6.07, 6.45) is 5.99. The highest BCUT2D eigenvalue weighted by Crippen LogP contribution is 2.07. The second kappa shape index (κ2) is 7.11. The maximum Gasteiger partial charge on any atom is 0.371 e. The SMILES string of the molecule is C#CCN(CCC)C(=O)NCc1ccc(C(=O)O)o1. The molecule has 6 heteroatoms. The second-order valence-electron chi connectivity index (χ2n) is 3.86. The highest BCUT2D eigenvalue weighted by molar-refractivity contribution is 5.84. The number of terminal acetylenes is 1. The average molecular weight is 264 g/mol. The minimum absolute atomic E-state index is 0.122. The van der Waals surface area contributed by atoms with Gasteiger partial charge in [0.2, 0.25) is 5.76 Å². The Balaban J connectivity index is 2.52. The summed E-state index contributed by atoms with van der Waals surface area (Å²) in [5.41, 5.74) is 0. The maximum absolute atomic E-state index is 11.8. The summed E-state index contributed by atoms with van der Waals surface area (Å²) in [7, 11) is 0. The van der Waals surface area contributed by atoms with E-state index in [2.05, 4.69) is 11.2 Å². The van der Waals surface area contributed by atoms with Gasteiger partial charge in [0, 0.05) is 6.54 Å². The van der Waals surface area contributed by atoms with E-state index in [4.69, 9.17) is 15.9 Å². The van der Waals surface area contributed by atoms with Gasteiger partial charge in [-0.25, -0.2) is 9.59 Å². The van der Waals surface area contributed by atoms with Crippen LogP contribution in [0.25, 0.3) is 0 Å². The minimum atomic E-state index is -1.14. The largest absolute Gasteiger partial charge is 0.475 e. The summed E-state index contributed by atoms with van der Waals surface area (Å²) in [5.74, 6) is 1.50. The van der Waals surface area contributed by atoms with Crippen LogP contribution < -0.4 is 5.32 Å². The predicted octanol–water partition coefficient (Wildman–Crippen LogP) is 1.53. The van der Waals surface area contributed by atoms with Crippen molar-refractivity contribution in [1.82, 2.24) is 10.2 Å². The molecule has 0 fully saturated rings. The van der Waals surface area contributed by atoms with E-state index >= 15 is 0 Å². The number of carboxylic acid groups (broad SMARTS) is 1. The number of carboxylic acids is 1. The van der Waals surface area contributed by atoms with Gasteiger partial charge in [-0.2, -0.15) is 0 Å². The second-order valence-corrected chi connectivity index (χ2v) is 3.86. The van der Waals surface area contributed by atoms with Gasteiger partial charge in [-0.05, 0) is 18.6 Å². The Morgan fingerprint density at radius 2 is 2.26 bits per heavy atom. The molecule has 1 aromatic rings. The molecule has 1 rings (SSSR count). The first-order chi connectivity index (χ1) is 9.08. The molecule has 0 aliphatic heterocycles. The Labute approximate surface area is 111 Å². The smallest absolute Gasteiger partial charge is 0.371 e. The van der Waals surface area contributed by atoms with Gasteiger partial charge >= 0.3 is 12.0 Å². The lowest BCUT2D eigenvalue weighted by Crippen LogP contribution is -2.40. The van der Waals surface area contributed by atoms with Crippen molar-refractivity contribution in [3.8, 4) is 12.3 Å². The molecular formula is C13H16N2O4. The number of nitrogens with zero attached hydrogens (tertiary/aromatic N) is 1. The molecule has 1 aromatic heterocycles. The highest BCUT2D eigenvalue weighted by atomic mass is 16.4. The zero-order valence-electron chi connectivity index (χ0n) is 10.7. The van der Waals surface area contributed by atoms with E-state index in [1.165, 1.54) is 17.0 Å². The number of urea groups is 1. The fraction of sp³-hybridized carbons (Fsp3) is 0.385. The lowest BCUT2D eigenvalue weighted by atomic mass is 10.4. The lowest BCUT2D eigenvalue weighted by molar-refractivity contribution is 0.0660. The third-order valence-electron chi connectivity index (χ3n) is 2.35. The molecule has 19 heavy (non-hydrogen) atoms. The number of aromatic carboxylic acids is 1. The fourth-order valence-corrected chi connectivity index (χ4v) is 1.49. The summed E-state index contributed by atoms with van der Waals surface area (Å²) in [6, 6.07) is 2.55. The van der Waals surface area contributed by atoms with Crippen molar-refractivity contribution >= 4 is 12.0 Å². The van der Waals surface area contributed by atoms with E-state index in [1.807, 2.05) is 6.92 Å². The molecule has 0 aliphatic carbocycles. The number of hydrogen-bond donors (Lipinski definition) is 2. The molecule has 0 unspecified atom stereocenters. The molecule has 0 saturated carbocycles. The van der Waals surface area contributed by atoms with Gasteiger partial charge in [-0.1, -0.05) is 12.8 Å². The number of carbonyl (C=O) groups excluding carboxylic acids is 1. The van der Waals surface area contributed by atoms with Crippen LogP contribution in [-0.2, 0) is 6.54 Å². The minimum Gasteiger partial charge on any atom is -0.475 e. The molecule has 2 amide bonds. The Kier molecular flexibility index (Phi) is 5.48. The van der Waals surface area contributed by atoms with Crippen molar-refractivity contribution in [3.05, 3.63) is 23.7 Å². The van der Waals surface area contributed by atoms with Gasteiger partial charge < -0.3 is 19.7 Å². The van der Waals surface area contributed by atoms with Crippen LogP contribution in [0.2, 0.25) is 0 Å². The lowest BCUT2D eigenvalue weighted by Gasteiger charge is -2.19. The Morgan fingerprint density at radius 1 is 1.53 bits per heavy atom. The van der Waals surface area contributed by atoms with Crippen LogP contribution in [0.15, 0.2) is 16.5 Å². The van der Waals surface area contributed by atoms with Crippen LogP contribution in [0, 0.1) is 12.3 Å². The van der Waals surface area contributed by atoms with Crippen molar-refractivity contribution in [2.24, 2.45) is 0 Å². The topological polar surface area (TPSA) is 82.8 Å². The van der Waals surface area contributed by atoms with Crippen LogP contribution in [-0.4, -0.2) is 35.1 Å². The van der Waals surface area contributed by atoms with Crippen molar-refractivity contribution in [3.63, 3.8) is 0 Å². The highest BCUT2D eigenvalue weighted by Gasteiger charge is 2.13. The van der Waals surface area contributed by atoms with Crippen LogP contribution >= 0.6 is 0 Å². The number of amides is 2. The van der Waals surface area contributed by atoms with Crippen molar-refractivity contribution < 1.29 is 19.1 Å². The Morgan fingerprint density at radius 3 is 2.79 bits per heavy atom. The monoisotopic (exact) mass is 264 g/mol. The van der Waals surface area contributed by atoms with Crippen LogP contribution in [0.3, 0.4) is 0 Å². The molecule has 102 valence electrons. The van der Waals surface area contributed by atoms with E-state index in [9.17, 15) is 9.59 Å². The normalized spacial score (nSPS) is 9.68. The van der Waals surface area contributed by atoms with Gasteiger partial charge in [0.25, 0.3) is 0 Å². The van der Waals surface area contributed by atoms with Crippen molar-refractivity contribution in [1.29, 1.82) is 0 Å². The molecule has 0 bridgehead atoms. The molecule has 0 saturated heterocycles. The third kappa shape index (κ3) is 4.39. The molecule has 2 N–H and O–H groups in total. The van der Waals surface area contributed by atoms with E-state index < -0.39 is 5.97 Å². The molecular weight excluding hydrogens is 248 g/mol. The van der Waals surface area contributed by atoms with Gasteiger partial charge in [-0.15, -0.1) is 6.42 Å². The number of nitrogens with one attached hydrogen (secondary N) is 1. The molecule has 0 spiro atoms. The van der Waals surface area contributed by atoms with Gasteiger partial charge in [0.05, 0.1) is 13.1 Å². The summed E-state index contributed by atoms with van der Waals surface area (Å²) < 4.78 is 5.02. The number of furan rings is 1. The number of hydrogen-bond acceptors (Lipinski definition) is 3. The zero-order chi connectivity index (χ0) is 14.3. The zero-order valence-corrected chi connectivity index (χ0v) is 10.7. The summed E-state index contributed by atoms with van der Waals surface area (Å²) in [6.45, 7) is 2.87. The van der Waals surface area contributed by atoms with Crippen molar-refractivity contribution in [2.45, 2.75) is 19.9 Å². The van der Waals surface area contributed by atoms with Crippen LogP contribution in [0.1, 0.15) is 29.7 Å². The van der Waals surface area contributed by atoms with Gasteiger partial charge in [-0.3, -0.25) is 0 Å². The molecule has 6 nitrogen and oxygen atoms in total. The van der Waals surface area contributed by atoms with E-state index in [1.54, 1.807) is 0 Å². The van der Waals surface area contributed by atoms with Crippen LogP contribution in [0.5, 0.6) is 0 Å². The average Bonchev–Trinajstić information content (AvgIpc) is 2.84. The molecule has 0 atom stereocenters. The van der Waals surface area contributed by atoms with E-state index in [-0.39, 0.29) is 24.9 Å². The third-order valence-corrected chi connectivity index (χ3v) is 2.35. The molecule has 1 heterocycles. The molecule has 0 aromatic carbocycles. The number of carbonyl (C=O) groups is 2. The summed E-state index contributed by atoms with van der Waals surface area (Å²) >= 11 is 0. The standard InChI is InChI=1S/C13H16N2O4/c1-3-7-15(8-4-2)13(18)14-9-10-5-6-11(19-10)12(16)17/h1,5-6H,4,7-9H2,2H3,(H,14,18)(H,16,17). The molecule has 0 aliphatic rings.